The van der Waals surface area contributed by atoms with E-state index in [0.29, 0.717) is 5.69 Å². The highest BCUT2D eigenvalue weighted by Gasteiger charge is 2.53. The Kier molecular flexibility index (Phi) is 3.20. The maximum atomic E-state index is 13.1. The predicted molar refractivity (Wildman–Crippen MR) is 70.5 cm³/mol. The first-order valence-electron chi connectivity index (χ1n) is 6.85. The molecule has 0 radical (unpaired) electrons. The molecular weight excluding hydrogens is 261 g/mol. The van der Waals surface area contributed by atoms with Gasteiger partial charge in [0.25, 0.3) is 0 Å². The zero-order chi connectivity index (χ0) is 14.3. The zero-order valence-electron chi connectivity index (χ0n) is 10.9. The van der Waals surface area contributed by atoms with Gasteiger partial charge in [0.2, 0.25) is 5.91 Å². The summed E-state index contributed by atoms with van der Waals surface area (Å²) >= 11 is 0. The van der Waals surface area contributed by atoms with Crippen molar-refractivity contribution in [2.24, 2.45) is 23.7 Å². The molecule has 106 valence electrons. The number of carboxylic acids is 1. The molecule has 1 amide bonds. The van der Waals surface area contributed by atoms with Crippen molar-refractivity contribution in [3.63, 3.8) is 0 Å². The van der Waals surface area contributed by atoms with Crippen molar-refractivity contribution in [1.82, 2.24) is 0 Å². The second kappa shape index (κ2) is 4.89. The van der Waals surface area contributed by atoms with Crippen LogP contribution in [0.15, 0.2) is 24.3 Å². The van der Waals surface area contributed by atoms with Gasteiger partial charge in [0.15, 0.2) is 0 Å². The molecule has 2 N–H and O–H groups in total. The van der Waals surface area contributed by atoms with Crippen molar-refractivity contribution < 1.29 is 19.1 Å². The number of hydrogen-bond acceptors (Lipinski definition) is 2. The van der Waals surface area contributed by atoms with Crippen LogP contribution >= 0.6 is 0 Å². The molecule has 2 bridgehead atoms. The minimum absolute atomic E-state index is 0.112. The number of rotatable bonds is 3. The molecule has 1 aromatic carbocycles. The molecule has 3 rings (SSSR count). The Hall–Kier alpha value is -1.91. The molecule has 0 spiro atoms. The van der Waals surface area contributed by atoms with Crippen LogP contribution in [0.25, 0.3) is 0 Å². The molecule has 2 aliphatic carbocycles. The molecule has 0 saturated heterocycles. The topological polar surface area (TPSA) is 66.4 Å². The number of anilines is 1. The number of amides is 1. The third kappa shape index (κ3) is 2.17. The third-order valence-electron chi connectivity index (χ3n) is 4.60. The summed E-state index contributed by atoms with van der Waals surface area (Å²) in [5, 5.41) is 12.0. The number of carbonyl (C=O) groups is 2. The van der Waals surface area contributed by atoms with Gasteiger partial charge in [-0.3, -0.25) is 9.59 Å². The van der Waals surface area contributed by atoms with Crippen LogP contribution in [0.2, 0.25) is 0 Å². The Morgan fingerprint density at radius 3 is 2.55 bits per heavy atom. The largest absolute Gasteiger partial charge is 0.481 e. The first-order chi connectivity index (χ1) is 9.56. The molecule has 0 aliphatic heterocycles. The van der Waals surface area contributed by atoms with Gasteiger partial charge in [0.05, 0.1) is 11.8 Å². The molecule has 0 heterocycles. The van der Waals surface area contributed by atoms with Crippen LogP contribution in [0.4, 0.5) is 10.1 Å². The van der Waals surface area contributed by atoms with Gasteiger partial charge < -0.3 is 10.4 Å². The van der Waals surface area contributed by atoms with Crippen LogP contribution in [0.1, 0.15) is 19.3 Å². The normalized spacial score (nSPS) is 31.2. The minimum atomic E-state index is -0.892. The Bertz CT molecular complexity index is 560. The SMILES string of the molecule is O=C(Nc1cccc(F)c1)[C@@H]1[C@H]2CC[C@@H](C2)[C@@H]1C(=O)O. The Morgan fingerprint density at radius 2 is 1.90 bits per heavy atom. The molecule has 20 heavy (non-hydrogen) atoms. The van der Waals surface area contributed by atoms with E-state index in [9.17, 15) is 19.1 Å². The quantitative estimate of drug-likeness (QED) is 0.892. The van der Waals surface area contributed by atoms with Gasteiger partial charge in [-0.05, 0) is 49.3 Å². The van der Waals surface area contributed by atoms with Gasteiger partial charge in [0, 0.05) is 5.69 Å². The summed E-state index contributed by atoms with van der Waals surface area (Å²) in [4.78, 5) is 23.7. The standard InChI is InChI=1S/C15H16FNO3/c16-10-2-1-3-11(7-10)17-14(18)12-8-4-5-9(6-8)13(12)15(19)20/h1-3,7-9,12-13H,4-6H2,(H,17,18)(H,19,20)/t8-,9-,12+,13-/m0/s1. The fourth-order valence-electron chi connectivity index (χ4n) is 3.82. The maximum Gasteiger partial charge on any atom is 0.307 e. The van der Waals surface area contributed by atoms with Crippen LogP contribution in [0.3, 0.4) is 0 Å². The highest BCUT2D eigenvalue weighted by Crippen LogP contribution is 2.52. The van der Waals surface area contributed by atoms with Crippen LogP contribution in [0, 0.1) is 29.5 Å². The van der Waals surface area contributed by atoms with Gasteiger partial charge in [0.1, 0.15) is 5.82 Å². The predicted octanol–water partition coefficient (Wildman–Crippen LogP) is 2.51. The van der Waals surface area contributed by atoms with Crippen molar-refractivity contribution in [3.05, 3.63) is 30.1 Å². The van der Waals surface area contributed by atoms with Crippen molar-refractivity contribution >= 4 is 17.6 Å². The maximum absolute atomic E-state index is 13.1. The lowest BCUT2D eigenvalue weighted by Gasteiger charge is -2.27. The van der Waals surface area contributed by atoms with Gasteiger partial charge in [-0.15, -0.1) is 0 Å². The number of carboxylic acid groups (broad SMARTS) is 1. The van der Waals surface area contributed by atoms with Crippen molar-refractivity contribution in [1.29, 1.82) is 0 Å². The zero-order valence-corrected chi connectivity index (χ0v) is 10.9. The van der Waals surface area contributed by atoms with E-state index < -0.39 is 23.6 Å². The molecule has 2 saturated carbocycles. The lowest BCUT2D eigenvalue weighted by Crippen LogP contribution is -2.37. The highest BCUT2D eigenvalue weighted by atomic mass is 19.1. The average Bonchev–Trinajstić information content (AvgIpc) is 2.98. The molecule has 4 nitrogen and oxygen atoms in total. The summed E-state index contributed by atoms with van der Waals surface area (Å²) in [6.45, 7) is 0. The van der Waals surface area contributed by atoms with Crippen molar-refractivity contribution in [3.8, 4) is 0 Å². The third-order valence-corrected chi connectivity index (χ3v) is 4.60. The van der Waals surface area contributed by atoms with Gasteiger partial charge >= 0.3 is 5.97 Å². The molecule has 1 aromatic rings. The smallest absolute Gasteiger partial charge is 0.307 e. The lowest BCUT2D eigenvalue weighted by molar-refractivity contribution is -0.148. The molecule has 2 fully saturated rings. The van der Waals surface area contributed by atoms with Gasteiger partial charge in [-0.1, -0.05) is 6.07 Å². The number of fused-ring (bicyclic) bond motifs is 2. The second-order valence-corrected chi connectivity index (χ2v) is 5.72. The van der Waals surface area contributed by atoms with E-state index in [1.165, 1.54) is 18.2 Å². The first kappa shape index (κ1) is 13.1. The van der Waals surface area contributed by atoms with Crippen molar-refractivity contribution in [2.75, 3.05) is 5.32 Å². The Labute approximate surface area is 116 Å². The summed E-state index contributed by atoms with van der Waals surface area (Å²) in [5.74, 6) is -2.44. The molecule has 0 unspecified atom stereocenters. The Morgan fingerprint density at radius 1 is 1.20 bits per heavy atom. The van der Waals surface area contributed by atoms with E-state index in [1.54, 1.807) is 6.07 Å². The van der Waals surface area contributed by atoms with E-state index in [0.717, 1.165) is 19.3 Å². The van der Waals surface area contributed by atoms with Gasteiger partial charge in [-0.25, -0.2) is 4.39 Å². The summed E-state index contributed by atoms with van der Waals surface area (Å²) in [7, 11) is 0. The number of hydrogen-bond donors (Lipinski definition) is 2. The molecule has 0 aromatic heterocycles. The van der Waals surface area contributed by atoms with Crippen LogP contribution in [0.5, 0.6) is 0 Å². The van der Waals surface area contributed by atoms with Crippen LogP contribution in [-0.4, -0.2) is 17.0 Å². The van der Waals surface area contributed by atoms with E-state index in [-0.39, 0.29) is 17.7 Å². The fraction of sp³-hybridized carbons (Fsp3) is 0.467. The number of aliphatic carboxylic acids is 1. The first-order valence-corrected chi connectivity index (χ1v) is 6.85. The second-order valence-electron chi connectivity index (χ2n) is 5.72. The summed E-state index contributed by atoms with van der Waals surface area (Å²) in [6.07, 6.45) is 2.62. The van der Waals surface area contributed by atoms with Gasteiger partial charge in [-0.2, -0.15) is 0 Å². The van der Waals surface area contributed by atoms with E-state index >= 15 is 0 Å². The molecule has 2 aliphatic rings. The van der Waals surface area contributed by atoms with Crippen LogP contribution in [-0.2, 0) is 9.59 Å². The Balaban J connectivity index is 1.78. The number of nitrogens with one attached hydrogen (secondary N) is 1. The van der Waals surface area contributed by atoms with Crippen LogP contribution < -0.4 is 5.32 Å². The average molecular weight is 277 g/mol. The van der Waals surface area contributed by atoms with E-state index in [1.807, 2.05) is 0 Å². The molecule has 4 atom stereocenters. The fourth-order valence-corrected chi connectivity index (χ4v) is 3.82. The monoisotopic (exact) mass is 277 g/mol. The summed E-state index contributed by atoms with van der Waals surface area (Å²) in [5.41, 5.74) is 0.377. The highest BCUT2D eigenvalue weighted by molar-refractivity contribution is 5.96. The summed E-state index contributed by atoms with van der Waals surface area (Å²) in [6, 6.07) is 5.65. The minimum Gasteiger partial charge on any atom is -0.481 e. The van der Waals surface area contributed by atoms with Crippen molar-refractivity contribution in [2.45, 2.75) is 19.3 Å². The number of benzene rings is 1. The lowest BCUT2D eigenvalue weighted by atomic mass is 9.78. The van der Waals surface area contributed by atoms with E-state index in [2.05, 4.69) is 5.32 Å². The van der Waals surface area contributed by atoms with E-state index in [4.69, 9.17) is 0 Å². The number of halogens is 1. The summed E-state index contributed by atoms with van der Waals surface area (Å²) < 4.78 is 13.1. The molecular formula is C15H16FNO3. The molecule has 5 heteroatoms. The number of carbonyl (C=O) groups excluding carboxylic acids is 1.